The van der Waals surface area contributed by atoms with E-state index in [2.05, 4.69) is 16.1 Å². The lowest BCUT2D eigenvalue weighted by Crippen LogP contribution is -2.51. The van der Waals surface area contributed by atoms with E-state index >= 15 is 0 Å². The molecule has 0 saturated heterocycles. The number of benzene rings is 3. The number of hydrogen-bond donors (Lipinski definition) is 4. The van der Waals surface area contributed by atoms with Crippen LogP contribution in [0.3, 0.4) is 0 Å². The van der Waals surface area contributed by atoms with E-state index in [4.69, 9.17) is 4.84 Å². The summed E-state index contributed by atoms with van der Waals surface area (Å²) in [5, 5.41) is 15.2. The van der Waals surface area contributed by atoms with Gasteiger partial charge in [0.2, 0.25) is 11.8 Å². The highest BCUT2D eigenvalue weighted by Crippen LogP contribution is 2.15. The van der Waals surface area contributed by atoms with Crippen LogP contribution >= 0.6 is 0 Å². The van der Waals surface area contributed by atoms with Crippen LogP contribution in [0, 0.1) is 11.8 Å². The van der Waals surface area contributed by atoms with Gasteiger partial charge in [-0.3, -0.25) is 19.2 Å². The third-order valence-electron chi connectivity index (χ3n) is 6.44. The van der Waals surface area contributed by atoms with E-state index in [0.717, 1.165) is 16.7 Å². The number of hydrogen-bond acceptors (Lipinski definition) is 5. The molecule has 8 nitrogen and oxygen atoms in total. The van der Waals surface area contributed by atoms with Crippen LogP contribution < -0.4 is 16.1 Å². The summed E-state index contributed by atoms with van der Waals surface area (Å²) in [6.07, 6.45) is 1.84. The molecule has 3 aromatic carbocycles. The molecule has 0 spiro atoms. The van der Waals surface area contributed by atoms with Gasteiger partial charge in [-0.15, -0.1) is 0 Å². The highest BCUT2D eigenvalue weighted by molar-refractivity contribution is 6.01. The van der Waals surface area contributed by atoms with Crippen molar-refractivity contribution in [3.63, 3.8) is 0 Å². The van der Waals surface area contributed by atoms with E-state index in [0.29, 0.717) is 32.2 Å². The van der Waals surface area contributed by atoms with E-state index in [1.165, 1.54) is 0 Å². The average Bonchev–Trinajstić information content (AvgIpc) is 2.95. The molecule has 212 valence electrons. The molecule has 1 unspecified atom stereocenters. The van der Waals surface area contributed by atoms with E-state index in [9.17, 15) is 19.5 Å². The van der Waals surface area contributed by atoms with Crippen molar-refractivity contribution in [1.82, 2.24) is 16.1 Å². The van der Waals surface area contributed by atoms with E-state index in [-0.39, 0.29) is 24.2 Å². The molecular formula is C32H39N3O5. The second-order valence-electron chi connectivity index (χ2n) is 10.2. The van der Waals surface area contributed by atoms with Crippen LogP contribution in [0.15, 0.2) is 84.9 Å². The monoisotopic (exact) mass is 545 g/mol. The fraction of sp³-hybridized carbons (Fsp3) is 0.344. The highest BCUT2D eigenvalue weighted by atomic mass is 16.6. The normalized spacial score (nSPS) is 12.4. The number of rotatable bonds is 15. The molecule has 40 heavy (non-hydrogen) atoms. The standard InChI is InChI=1S/C32H39N3O5/c1-23(2)21-28(31(38)35-40-22-26-11-7-4-8-12-26)30(37)34-29(18-15-24-9-5-3-6-10-24)32(39)33-20-19-25-13-16-27(36)17-14-25/h3-14,16-17,23,28-29,36H,15,18-22H2,1-2H3,(H,33,39)(H,34,37)(H,35,38)/t28?,29-/m0/s1. The number of carbonyl (C=O) groups is 3. The lowest BCUT2D eigenvalue weighted by Gasteiger charge is -2.23. The Labute approximate surface area is 236 Å². The Bertz CT molecular complexity index is 1200. The van der Waals surface area contributed by atoms with Crippen molar-refractivity contribution in [3.05, 3.63) is 102 Å². The Kier molecular flexibility index (Phi) is 12.2. The number of carbonyl (C=O) groups excluding carboxylic acids is 3. The Morgan fingerprint density at radius 3 is 1.98 bits per heavy atom. The number of nitrogens with one attached hydrogen (secondary N) is 3. The van der Waals surface area contributed by atoms with Gasteiger partial charge in [-0.1, -0.05) is 86.6 Å². The van der Waals surface area contributed by atoms with E-state index in [1.54, 1.807) is 24.3 Å². The number of aromatic hydroxyl groups is 1. The van der Waals surface area contributed by atoms with Gasteiger partial charge in [-0.25, -0.2) is 5.48 Å². The van der Waals surface area contributed by atoms with Gasteiger partial charge < -0.3 is 15.7 Å². The summed E-state index contributed by atoms with van der Waals surface area (Å²) < 4.78 is 0. The molecule has 3 aromatic rings. The third kappa shape index (κ3) is 10.5. The first-order valence-electron chi connectivity index (χ1n) is 13.7. The lowest BCUT2D eigenvalue weighted by molar-refractivity contribution is -0.146. The summed E-state index contributed by atoms with van der Waals surface area (Å²) in [4.78, 5) is 44.9. The molecule has 0 fully saturated rings. The minimum atomic E-state index is -1.01. The van der Waals surface area contributed by atoms with Crippen LogP contribution in [0.4, 0.5) is 0 Å². The second-order valence-corrected chi connectivity index (χ2v) is 10.2. The van der Waals surface area contributed by atoms with Gasteiger partial charge in [0.15, 0.2) is 0 Å². The van der Waals surface area contributed by atoms with Crippen molar-refractivity contribution in [2.75, 3.05) is 6.54 Å². The van der Waals surface area contributed by atoms with Gasteiger partial charge in [-0.2, -0.15) is 0 Å². The molecule has 0 bridgehead atoms. The summed E-state index contributed by atoms with van der Waals surface area (Å²) >= 11 is 0. The van der Waals surface area contributed by atoms with Crippen molar-refractivity contribution >= 4 is 17.7 Å². The maximum absolute atomic E-state index is 13.4. The smallest absolute Gasteiger partial charge is 0.256 e. The molecule has 0 radical (unpaired) electrons. The van der Waals surface area contributed by atoms with Crippen LogP contribution in [-0.2, 0) is 38.7 Å². The molecule has 0 heterocycles. The molecule has 0 aliphatic carbocycles. The predicted octanol–water partition coefficient (Wildman–Crippen LogP) is 4.08. The zero-order valence-corrected chi connectivity index (χ0v) is 23.1. The van der Waals surface area contributed by atoms with Crippen molar-refractivity contribution in [3.8, 4) is 5.75 Å². The molecule has 3 rings (SSSR count). The zero-order valence-electron chi connectivity index (χ0n) is 23.1. The Morgan fingerprint density at radius 1 is 0.750 bits per heavy atom. The molecule has 2 atom stereocenters. The maximum Gasteiger partial charge on any atom is 0.256 e. The number of amides is 3. The summed E-state index contributed by atoms with van der Waals surface area (Å²) in [6.45, 7) is 4.40. The molecule has 4 N–H and O–H groups in total. The summed E-state index contributed by atoms with van der Waals surface area (Å²) in [6, 6.07) is 25.1. The zero-order chi connectivity index (χ0) is 28.7. The molecule has 0 saturated carbocycles. The van der Waals surface area contributed by atoms with E-state index < -0.39 is 23.8 Å². The number of phenols is 1. The summed E-state index contributed by atoms with van der Waals surface area (Å²) in [7, 11) is 0. The quantitative estimate of drug-likeness (QED) is 0.170. The molecule has 0 aliphatic heterocycles. The van der Waals surface area contributed by atoms with Crippen LogP contribution in [0.2, 0.25) is 0 Å². The predicted molar refractivity (Wildman–Crippen MR) is 154 cm³/mol. The Balaban J connectivity index is 1.63. The van der Waals surface area contributed by atoms with Crippen molar-refractivity contribution < 1.29 is 24.3 Å². The van der Waals surface area contributed by atoms with Gasteiger partial charge in [0, 0.05) is 6.54 Å². The third-order valence-corrected chi connectivity index (χ3v) is 6.44. The molecule has 3 amide bonds. The van der Waals surface area contributed by atoms with Crippen LogP contribution in [0.25, 0.3) is 0 Å². The SMILES string of the molecule is CC(C)CC(C(=O)NOCc1ccccc1)C(=O)N[C@@H](CCc1ccccc1)C(=O)NCCc1ccc(O)cc1. The molecule has 0 aliphatic rings. The molecule has 8 heteroatoms. The van der Waals surface area contributed by atoms with Crippen molar-refractivity contribution in [1.29, 1.82) is 0 Å². The summed E-state index contributed by atoms with van der Waals surface area (Å²) in [5.74, 6) is -2.13. The Morgan fingerprint density at radius 2 is 1.35 bits per heavy atom. The molecular weight excluding hydrogens is 506 g/mol. The van der Waals surface area contributed by atoms with Crippen LogP contribution in [-0.4, -0.2) is 35.4 Å². The topological polar surface area (TPSA) is 117 Å². The fourth-order valence-corrected chi connectivity index (χ4v) is 4.25. The largest absolute Gasteiger partial charge is 0.508 e. The number of aryl methyl sites for hydroxylation is 1. The first-order chi connectivity index (χ1) is 19.3. The lowest BCUT2D eigenvalue weighted by atomic mass is 9.94. The Hall–Kier alpha value is -4.17. The number of hydroxylamine groups is 1. The second kappa shape index (κ2) is 16.1. The average molecular weight is 546 g/mol. The van der Waals surface area contributed by atoms with Crippen molar-refractivity contribution in [2.45, 2.75) is 52.2 Å². The maximum atomic E-state index is 13.4. The minimum absolute atomic E-state index is 0.0672. The fourth-order valence-electron chi connectivity index (χ4n) is 4.25. The summed E-state index contributed by atoms with van der Waals surface area (Å²) in [5.41, 5.74) is 5.31. The van der Waals surface area contributed by atoms with Gasteiger partial charge in [0.25, 0.3) is 5.91 Å². The van der Waals surface area contributed by atoms with Crippen molar-refractivity contribution in [2.24, 2.45) is 11.8 Å². The van der Waals surface area contributed by atoms with Gasteiger partial charge in [-0.05, 0) is 60.4 Å². The molecule has 0 aromatic heterocycles. The van der Waals surface area contributed by atoms with Gasteiger partial charge in [0.1, 0.15) is 17.7 Å². The van der Waals surface area contributed by atoms with Gasteiger partial charge >= 0.3 is 0 Å². The number of phenolic OH excluding ortho intramolecular Hbond substituents is 1. The highest BCUT2D eigenvalue weighted by Gasteiger charge is 2.31. The first kappa shape index (κ1) is 30.4. The first-order valence-corrected chi connectivity index (χ1v) is 13.7. The van der Waals surface area contributed by atoms with Crippen LogP contribution in [0.1, 0.15) is 43.4 Å². The minimum Gasteiger partial charge on any atom is -0.508 e. The van der Waals surface area contributed by atoms with E-state index in [1.807, 2.05) is 74.5 Å². The van der Waals surface area contributed by atoms with Gasteiger partial charge in [0.05, 0.1) is 6.61 Å². The van der Waals surface area contributed by atoms with Crippen LogP contribution in [0.5, 0.6) is 5.75 Å².